The number of hydrogen-bond donors (Lipinski definition) is 0. The first-order chi connectivity index (χ1) is 12.1. The Morgan fingerprint density at radius 2 is 1.96 bits per heavy atom. The summed E-state index contributed by atoms with van der Waals surface area (Å²) < 4.78 is 18.0. The minimum absolute atomic E-state index is 0.0307. The first-order valence-corrected chi connectivity index (χ1v) is 8.40. The summed E-state index contributed by atoms with van der Waals surface area (Å²) >= 11 is 0. The van der Waals surface area contributed by atoms with Crippen molar-refractivity contribution in [2.24, 2.45) is 0 Å². The van der Waals surface area contributed by atoms with E-state index in [1.54, 1.807) is 18.2 Å². The van der Waals surface area contributed by atoms with Crippen LogP contribution < -0.4 is 0 Å². The number of aryl methyl sites for hydroxylation is 1. The smallest absolute Gasteiger partial charge is 0.246 e. The van der Waals surface area contributed by atoms with E-state index in [0.717, 1.165) is 25.1 Å². The van der Waals surface area contributed by atoms with Crippen LogP contribution in [0, 0.1) is 5.82 Å². The van der Waals surface area contributed by atoms with Crippen molar-refractivity contribution in [1.29, 1.82) is 0 Å². The molecule has 1 amide bonds. The highest BCUT2D eigenvalue weighted by Crippen LogP contribution is 2.09. The summed E-state index contributed by atoms with van der Waals surface area (Å²) in [6, 6.07) is 6.05. The third kappa shape index (κ3) is 4.73. The van der Waals surface area contributed by atoms with E-state index in [0.29, 0.717) is 31.3 Å². The molecule has 1 aromatic carbocycles. The van der Waals surface area contributed by atoms with Gasteiger partial charge in [-0.15, -0.1) is 0 Å². The van der Waals surface area contributed by atoms with Crippen molar-refractivity contribution in [2.45, 2.75) is 19.9 Å². The van der Waals surface area contributed by atoms with Crippen LogP contribution in [-0.2, 0) is 17.8 Å². The highest BCUT2D eigenvalue weighted by atomic mass is 19.1. The first-order valence-electron chi connectivity index (χ1n) is 8.40. The minimum Gasteiger partial charge on any atom is -0.339 e. The van der Waals surface area contributed by atoms with Crippen LogP contribution in [0.5, 0.6) is 0 Å². The molecule has 1 fully saturated rings. The quantitative estimate of drug-likeness (QED) is 0.778. The molecule has 3 rings (SSSR count). The van der Waals surface area contributed by atoms with Crippen molar-refractivity contribution < 1.29 is 13.7 Å². The molecule has 0 unspecified atom stereocenters. The van der Waals surface area contributed by atoms with Crippen molar-refractivity contribution >= 4 is 12.0 Å². The van der Waals surface area contributed by atoms with Gasteiger partial charge < -0.3 is 9.42 Å². The Morgan fingerprint density at radius 3 is 2.60 bits per heavy atom. The van der Waals surface area contributed by atoms with Crippen LogP contribution in [0.15, 0.2) is 34.9 Å². The van der Waals surface area contributed by atoms with E-state index in [1.807, 2.05) is 11.8 Å². The molecule has 2 heterocycles. The Balaban J connectivity index is 1.47. The van der Waals surface area contributed by atoms with Crippen LogP contribution in [0.25, 0.3) is 6.08 Å². The number of halogens is 1. The number of aromatic nitrogens is 2. The van der Waals surface area contributed by atoms with Gasteiger partial charge in [0, 0.05) is 38.7 Å². The highest BCUT2D eigenvalue weighted by molar-refractivity contribution is 5.91. The predicted octanol–water partition coefficient (Wildman–Crippen LogP) is 2.13. The van der Waals surface area contributed by atoms with Gasteiger partial charge in [-0.05, 0) is 23.8 Å². The topological polar surface area (TPSA) is 62.5 Å². The lowest BCUT2D eigenvalue weighted by atomic mass is 10.2. The highest BCUT2D eigenvalue weighted by Gasteiger charge is 2.21. The molecule has 0 bridgehead atoms. The molecule has 2 aromatic rings. The summed E-state index contributed by atoms with van der Waals surface area (Å²) in [6.45, 7) is 5.46. The second-order valence-electron chi connectivity index (χ2n) is 5.94. The Bertz CT molecular complexity index is 734. The molecule has 0 atom stereocenters. The van der Waals surface area contributed by atoms with Crippen LogP contribution in [0.2, 0.25) is 0 Å². The third-order valence-corrected chi connectivity index (χ3v) is 4.15. The van der Waals surface area contributed by atoms with Gasteiger partial charge >= 0.3 is 0 Å². The molecular weight excluding hydrogens is 323 g/mol. The lowest BCUT2D eigenvalue weighted by molar-refractivity contribution is -0.127. The van der Waals surface area contributed by atoms with Gasteiger partial charge in [0.1, 0.15) is 5.82 Å². The number of benzene rings is 1. The standard InChI is InChI=1S/C18H21FN4O2/c1-2-17-20-16(21-25-17)13-22-9-11-23(12-10-22)18(24)8-5-14-3-6-15(19)7-4-14/h3-8H,2,9-13H2,1H3/b8-5-. The van der Waals surface area contributed by atoms with Gasteiger partial charge in [-0.1, -0.05) is 24.2 Å². The van der Waals surface area contributed by atoms with Crippen molar-refractivity contribution in [2.75, 3.05) is 26.2 Å². The van der Waals surface area contributed by atoms with Crippen LogP contribution in [0.3, 0.4) is 0 Å². The molecule has 7 heteroatoms. The zero-order valence-electron chi connectivity index (χ0n) is 14.2. The first kappa shape index (κ1) is 17.3. The van der Waals surface area contributed by atoms with Gasteiger partial charge in [-0.3, -0.25) is 9.69 Å². The van der Waals surface area contributed by atoms with Gasteiger partial charge in [0.25, 0.3) is 0 Å². The van der Waals surface area contributed by atoms with Gasteiger partial charge in [0.05, 0.1) is 6.54 Å². The average molecular weight is 344 g/mol. The molecule has 6 nitrogen and oxygen atoms in total. The molecule has 1 aromatic heterocycles. The fraction of sp³-hybridized carbons (Fsp3) is 0.389. The lowest BCUT2D eigenvalue weighted by Crippen LogP contribution is -2.47. The van der Waals surface area contributed by atoms with Crippen molar-refractivity contribution in [3.63, 3.8) is 0 Å². The third-order valence-electron chi connectivity index (χ3n) is 4.15. The normalized spacial score (nSPS) is 15.8. The Hall–Kier alpha value is -2.54. The summed E-state index contributed by atoms with van der Waals surface area (Å²) in [5.74, 6) is 1.02. The van der Waals surface area contributed by atoms with Gasteiger partial charge in [-0.2, -0.15) is 4.98 Å². The zero-order valence-corrected chi connectivity index (χ0v) is 14.2. The molecule has 0 aliphatic carbocycles. The van der Waals surface area contributed by atoms with E-state index >= 15 is 0 Å². The molecule has 1 aliphatic heterocycles. The number of hydrogen-bond acceptors (Lipinski definition) is 5. The monoisotopic (exact) mass is 344 g/mol. The van der Waals surface area contributed by atoms with Gasteiger partial charge in [0.2, 0.25) is 11.8 Å². The number of amides is 1. The fourth-order valence-corrected chi connectivity index (χ4v) is 2.67. The van der Waals surface area contributed by atoms with Crippen LogP contribution in [0.4, 0.5) is 4.39 Å². The maximum absolute atomic E-state index is 12.9. The molecule has 1 aliphatic rings. The number of piperazine rings is 1. The number of rotatable bonds is 5. The SMILES string of the molecule is CCc1nc(CN2CCN(C(=O)/C=C\c3ccc(F)cc3)CC2)no1. The molecule has 0 radical (unpaired) electrons. The summed E-state index contributed by atoms with van der Waals surface area (Å²) in [6.07, 6.45) is 3.98. The van der Waals surface area contributed by atoms with Crippen LogP contribution in [-0.4, -0.2) is 52.0 Å². The van der Waals surface area contributed by atoms with Gasteiger partial charge in [0.15, 0.2) is 5.82 Å². The fourth-order valence-electron chi connectivity index (χ4n) is 2.67. The molecule has 0 saturated carbocycles. The largest absolute Gasteiger partial charge is 0.339 e. The molecule has 132 valence electrons. The van der Waals surface area contributed by atoms with E-state index in [4.69, 9.17) is 4.52 Å². The second kappa shape index (κ2) is 8.02. The predicted molar refractivity (Wildman–Crippen MR) is 91.0 cm³/mol. The summed E-state index contributed by atoms with van der Waals surface area (Å²) in [7, 11) is 0. The van der Waals surface area contributed by atoms with E-state index < -0.39 is 0 Å². The molecule has 0 N–H and O–H groups in total. The summed E-state index contributed by atoms with van der Waals surface area (Å²) in [5.41, 5.74) is 0.803. The Kier molecular flexibility index (Phi) is 5.55. The number of nitrogens with zero attached hydrogens (tertiary/aromatic N) is 4. The molecule has 25 heavy (non-hydrogen) atoms. The second-order valence-corrected chi connectivity index (χ2v) is 5.94. The molecule has 0 spiro atoms. The summed E-state index contributed by atoms with van der Waals surface area (Å²) in [4.78, 5) is 20.6. The van der Waals surface area contributed by atoms with E-state index in [9.17, 15) is 9.18 Å². The average Bonchev–Trinajstić information content (AvgIpc) is 3.09. The molecule has 1 saturated heterocycles. The maximum atomic E-state index is 12.9. The van der Waals surface area contributed by atoms with Gasteiger partial charge in [-0.25, -0.2) is 4.39 Å². The molecular formula is C18H21FN4O2. The summed E-state index contributed by atoms with van der Waals surface area (Å²) in [5, 5.41) is 3.96. The van der Waals surface area contributed by atoms with Crippen LogP contribution >= 0.6 is 0 Å². The zero-order chi connectivity index (χ0) is 17.6. The number of carbonyl (C=O) groups excluding carboxylic acids is 1. The minimum atomic E-state index is -0.285. The van der Waals surface area contributed by atoms with E-state index in [2.05, 4.69) is 15.0 Å². The maximum Gasteiger partial charge on any atom is 0.246 e. The van der Waals surface area contributed by atoms with Crippen molar-refractivity contribution in [3.8, 4) is 0 Å². The van der Waals surface area contributed by atoms with Crippen LogP contribution in [0.1, 0.15) is 24.2 Å². The van der Waals surface area contributed by atoms with E-state index in [-0.39, 0.29) is 11.7 Å². The Labute approximate surface area is 145 Å². The van der Waals surface area contributed by atoms with Crippen molar-refractivity contribution in [3.05, 3.63) is 53.4 Å². The Morgan fingerprint density at radius 1 is 1.24 bits per heavy atom. The number of carbonyl (C=O) groups is 1. The van der Waals surface area contributed by atoms with Crippen molar-refractivity contribution in [1.82, 2.24) is 19.9 Å². The lowest BCUT2D eigenvalue weighted by Gasteiger charge is -2.33. The van der Waals surface area contributed by atoms with E-state index in [1.165, 1.54) is 18.2 Å².